The van der Waals surface area contributed by atoms with Crippen molar-refractivity contribution in [3.8, 4) is 17.2 Å². The molecule has 1 aliphatic rings. The highest BCUT2D eigenvalue weighted by molar-refractivity contribution is 6.09. The molecule has 0 spiro atoms. The zero-order chi connectivity index (χ0) is 23.0. The number of oxazole rings is 1. The van der Waals surface area contributed by atoms with E-state index < -0.39 is 11.5 Å². The van der Waals surface area contributed by atoms with E-state index in [0.29, 0.717) is 46.5 Å². The van der Waals surface area contributed by atoms with Crippen molar-refractivity contribution in [3.63, 3.8) is 0 Å². The number of carbonyl (C=O) groups is 1. The van der Waals surface area contributed by atoms with E-state index in [-0.39, 0.29) is 6.54 Å². The third kappa shape index (κ3) is 3.39. The average molecular weight is 440 g/mol. The molecular weight excluding hydrogens is 416 g/mol. The Bertz CT molecular complexity index is 1310. The lowest BCUT2D eigenvalue weighted by atomic mass is 9.88. The minimum Gasteiger partial charge on any atom is -0.493 e. The molecule has 0 saturated carbocycles. The van der Waals surface area contributed by atoms with Crippen LogP contribution in [0.15, 0.2) is 83.3 Å². The van der Waals surface area contributed by atoms with Crippen LogP contribution in [-0.4, -0.2) is 22.6 Å². The smallest absolute Gasteiger partial charge is 0.268 e. The third-order valence-corrected chi connectivity index (χ3v) is 5.95. The molecule has 5 rings (SSSR count). The van der Waals surface area contributed by atoms with Crippen molar-refractivity contribution in [2.45, 2.75) is 26.0 Å². The summed E-state index contributed by atoms with van der Waals surface area (Å²) in [6, 6.07) is 23.9. The van der Waals surface area contributed by atoms with Crippen molar-refractivity contribution in [3.05, 3.63) is 101 Å². The molecule has 1 N–H and O–H groups in total. The molecule has 1 amide bonds. The van der Waals surface area contributed by atoms with Crippen LogP contribution in [-0.2, 0) is 16.9 Å². The number of hydrogen-bond donors (Lipinski definition) is 1. The van der Waals surface area contributed by atoms with Gasteiger partial charge in [-0.2, -0.15) is 0 Å². The van der Waals surface area contributed by atoms with Crippen molar-refractivity contribution in [1.29, 1.82) is 0 Å². The Kier molecular flexibility index (Phi) is 5.23. The summed E-state index contributed by atoms with van der Waals surface area (Å²) in [6.45, 7) is 4.45. The predicted octanol–water partition coefficient (Wildman–Crippen LogP) is 4.83. The number of nitrogens with zero attached hydrogens (tertiary/aromatic N) is 2. The first-order valence-corrected chi connectivity index (χ1v) is 10.9. The van der Waals surface area contributed by atoms with Crippen LogP contribution in [0.5, 0.6) is 5.75 Å². The Morgan fingerprint density at radius 2 is 1.70 bits per heavy atom. The number of aryl methyl sites for hydroxylation is 1. The van der Waals surface area contributed by atoms with E-state index in [1.165, 1.54) is 0 Å². The lowest BCUT2D eigenvalue weighted by Crippen LogP contribution is -2.41. The van der Waals surface area contributed by atoms with Gasteiger partial charge in [0.25, 0.3) is 5.91 Å². The van der Waals surface area contributed by atoms with Gasteiger partial charge < -0.3 is 19.2 Å². The summed E-state index contributed by atoms with van der Waals surface area (Å²) in [7, 11) is 0. The standard InChI is InChI=1S/C27H24N2O4/c1-3-32-24-16-10-7-13-20(24)25-28-22(18(2)33-25)17-29-23-15-9-8-14-21(23)27(31,26(29)30)19-11-5-4-6-12-19/h4-16,31H,3,17H2,1-2H3. The number of aromatic nitrogens is 1. The fraction of sp³-hybridized carbons (Fsp3) is 0.185. The summed E-state index contributed by atoms with van der Waals surface area (Å²) in [5.41, 5.74) is 1.38. The van der Waals surface area contributed by atoms with Crippen molar-refractivity contribution in [2.75, 3.05) is 11.5 Å². The highest BCUT2D eigenvalue weighted by Gasteiger charge is 2.51. The number of anilines is 1. The molecule has 0 aliphatic carbocycles. The summed E-state index contributed by atoms with van der Waals surface area (Å²) in [5, 5.41) is 11.6. The highest BCUT2D eigenvalue weighted by Crippen LogP contribution is 2.45. The summed E-state index contributed by atoms with van der Waals surface area (Å²) in [4.78, 5) is 19.9. The fourth-order valence-corrected chi connectivity index (χ4v) is 4.31. The minimum atomic E-state index is -1.75. The number of hydrogen-bond acceptors (Lipinski definition) is 5. The van der Waals surface area contributed by atoms with Gasteiger partial charge in [0.05, 0.1) is 24.4 Å². The largest absolute Gasteiger partial charge is 0.493 e. The Labute approximate surface area is 192 Å². The number of ether oxygens (including phenoxy) is 1. The van der Waals surface area contributed by atoms with Crippen molar-refractivity contribution < 1.29 is 19.1 Å². The maximum absolute atomic E-state index is 13.6. The van der Waals surface area contributed by atoms with Crippen LogP contribution in [0.25, 0.3) is 11.5 Å². The van der Waals surface area contributed by atoms with Gasteiger partial charge in [-0.25, -0.2) is 4.98 Å². The van der Waals surface area contributed by atoms with Crippen LogP contribution in [0.3, 0.4) is 0 Å². The molecule has 0 bridgehead atoms. The van der Waals surface area contributed by atoms with Crippen LogP contribution in [0.1, 0.15) is 29.5 Å². The second-order valence-electron chi connectivity index (χ2n) is 7.94. The molecule has 0 saturated heterocycles. The predicted molar refractivity (Wildman–Crippen MR) is 125 cm³/mol. The monoisotopic (exact) mass is 440 g/mol. The van der Waals surface area contributed by atoms with Crippen molar-refractivity contribution in [2.24, 2.45) is 0 Å². The van der Waals surface area contributed by atoms with Gasteiger partial charge in [-0.3, -0.25) is 4.79 Å². The molecule has 1 unspecified atom stereocenters. The Hall–Kier alpha value is -3.90. The quantitative estimate of drug-likeness (QED) is 0.465. The van der Waals surface area contributed by atoms with Gasteiger partial charge in [0, 0.05) is 5.56 Å². The lowest BCUT2D eigenvalue weighted by Gasteiger charge is -2.23. The van der Waals surface area contributed by atoms with Crippen LogP contribution < -0.4 is 9.64 Å². The Morgan fingerprint density at radius 3 is 2.48 bits per heavy atom. The van der Waals surface area contributed by atoms with Gasteiger partial charge in [0.15, 0.2) is 5.60 Å². The molecule has 166 valence electrons. The molecule has 33 heavy (non-hydrogen) atoms. The number of fused-ring (bicyclic) bond motifs is 1. The van der Waals surface area contributed by atoms with Gasteiger partial charge in [0.2, 0.25) is 5.89 Å². The molecule has 2 heterocycles. The maximum atomic E-state index is 13.6. The van der Waals surface area contributed by atoms with E-state index in [1.54, 1.807) is 23.1 Å². The van der Waals surface area contributed by atoms with Crippen LogP contribution in [0.4, 0.5) is 5.69 Å². The van der Waals surface area contributed by atoms with E-state index >= 15 is 0 Å². The topological polar surface area (TPSA) is 75.8 Å². The van der Waals surface area contributed by atoms with Gasteiger partial charge in [-0.15, -0.1) is 0 Å². The molecule has 6 heteroatoms. The number of aliphatic hydroxyl groups is 1. The first kappa shape index (κ1) is 21.0. The molecule has 0 radical (unpaired) electrons. The number of amides is 1. The van der Waals surface area contributed by atoms with Crippen LogP contribution >= 0.6 is 0 Å². The second kappa shape index (κ2) is 8.22. The number of benzene rings is 3. The maximum Gasteiger partial charge on any atom is 0.268 e. The molecule has 3 aromatic carbocycles. The Balaban J connectivity index is 1.53. The first-order chi connectivity index (χ1) is 16.0. The van der Waals surface area contributed by atoms with Gasteiger partial charge in [0.1, 0.15) is 17.2 Å². The first-order valence-electron chi connectivity index (χ1n) is 10.9. The van der Waals surface area contributed by atoms with Gasteiger partial charge in [-0.05, 0) is 37.6 Å². The Morgan fingerprint density at radius 1 is 1.00 bits per heavy atom. The van der Waals surface area contributed by atoms with Crippen molar-refractivity contribution in [1.82, 2.24) is 4.98 Å². The van der Waals surface area contributed by atoms with E-state index in [4.69, 9.17) is 14.1 Å². The van der Waals surface area contributed by atoms with Crippen molar-refractivity contribution >= 4 is 11.6 Å². The van der Waals surface area contributed by atoms with E-state index in [9.17, 15) is 9.90 Å². The number of para-hydroxylation sites is 2. The fourth-order valence-electron chi connectivity index (χ4n) is 4.31. The average Bonchev–Trinajstić information content (AvgIpc) is 3.32. The van der Waals surface area contributed by atoms with Crippen LogP contribution in [0.2, 0.25) is 0 Å². The lowest BCUT2D eigenvalue weighted by molar-refractivity contribution is -0.132. The second-order valence-corrected chi connectivity index (χ2v) is 7.94. The SMILES string of the molecule is CCOc1ccccc1-c1nc(CN2C(=O)C(O)(c3ccccc3)c3ccccc32)c(C)o1. The molecule has 6 nitrogen and oxygen atoms in total. The zero-order valence-electron chi connectivity index (χ0n) is 18.5. The number of rotatable bonds is 6. The normalized spacial score (nSPS) is 17.3. The molecule has 0 fully saturated rings. The van der Waals surface area contributed by atoms with E-state index in [1.807, 2.05) is 74.5 Å². The van der Waals surface area contributed by atoms with E-state index in [2.05, 4.69) is 0 Å². The summed E-state index contributed by atoms with van der Waals surface area (Å²) in [6.07, 6.45) is 0. The van der Waals surface area contributed by atoms with Gasteiger partial charge in [-0.1, -0.05) is 60.7 Å². The summed E-state index contributed by atoms with van der Waals surface area (Å²) in [5.74, 6) is 1.32. The van der Waals surface area contributed by atoms with Crippen LogP contribution in [0, 0.1) is 6.92 Å². The molecule has 4 aromatic rings. The zero-order valence-corrected chi connectivity index (χ0v) is 18.5. The summed E-state index contributed by atoms with van der Waals surface area (Å²) >= 11 is 0. The summed E-state index contributed by atoms with van der Waals surface area (Å²) < 4.78 is 11.7. The van der Waals surface area contributed by atoms with Gasteiger partial charge >= 0.3 is 0 Å². The highest BCUT2D eigenvalue weighted by atomic mass is 16.5. The third-order valence-electron chi connectivity index (χ3n) is 5.95. The molecular formula is C27H24N2O4. The minimum absolute atomic E-state index is 0.178. The number of carbonyl (C=O) groups excluding carboxylic acids is 1. The molecule has 1 aliphatic heterocycles. The molecule has 1 aromatic heterocycles. The van der Waals surface area contributed by atoms with E-state index in [0.717, 1.165) is 5.56 Å². The molecule has 1 atom stereocenters.